The van der Waals surface area contributed by atoms with Crippen molar-refractivity contribution in [2.24, 2.45) is 0 Å². The van der Waals surface area contributed by atoms with Crippen molar-refractivity contribution in [1.82, 2.24) is 9.62 Å². The molecule has 1 aromatic rings. The number of ether oxygens (including phenoxy) is 2. The molecule has 0 spiro atoms. The summed E-state index contributed by atoms with van der Waals surface area (Å²) in [5.41, 5.74) is -0.107. The van der Waals surface area contributed by atoms with Gasteiger partial charge >= 0.3 is 0 Å². The molecule has 0 aromatic heterocycles. The van der Waals surface area contributed by atoms with Gasteiger partial charge in [0.2, 0.25) is 10.0 Å². The van der Waals surface area contributed by atoms with E-state index in [1.165, 1.54) is 12.1 Å². The minimum Gasteiger partial charge on any atom is -0.348 e. The third kappa shape index (κ3) is 4.87. The number of carbonyl (C=O) groups excluding carboxylic acids is 1. The van der Waals surface area contributed by atoms with Crippen LogP contribution in [-0.2, 0) is 19.5 Å². The lowest BCUT2D eigenvalue weighted by molar-refractivity contribution is -0.100. The van der Waals surface area contributed by atoms with Gasteiger partial charge < -0.3 is 14.4 Å². The Bertz CT molecular complexity index is 764. The van der Waals surface area contributed by atoms with E-state index in [1.807, 2.05) is 0 Å². The first kappa shape index (κ1) is 20.3. The van der Waals surface area contributed by atoms with Crippen LogP contribution in [-0.4, -0.2) is 56.9 Å². The van der Waals surface area contributed by atoms with Crippen molar-refractivity contribution in [2.45, 2.75) is 62.8 Å². The fourth-order valence-electron chi connectivity index (χ4n) is 3.50. The predicted molar refractivity (Wildman–Crippen MR) is 101 cm³/mol. The van der Waals surface area contributed by atoms with Crippen molar-refractivity contribution in [3.05, 3.63) is 29.8 Å². The minimum absolute atomic E-state index is 0.0975. The van der Waals surface area contributed by atoms with Crippen LogP contribution in [0.1, 0.15) is 50.4 Å². The molecule has 0 saturated carbocycles. The fraction of sp³-hybridized carbons (Fsp3) is 0.632. The van der Waals surface area contributed by atoms with Gasteiger partial charge in [0.1, 0.15) is 0 Å². The van der Waals surface area contributed by atoms with Gasteiger partial charge in [-0.2, -0.15) is 0 Å². The highest BCUT2D eigenvalue weighted by atomic mass is 32.2. The molecule has 7 nitrogen and oxygen atoms in total. The monoisotopic (exact) mass is 396 g/mol. The van der Waals surface area contributed by atoms with E-state index in [0.29, 0.717) is 25.3 Å². The molecule has 3 rings (SSSR count). The number of amides is 1. The molecule has 1 amide bonds. The van der Waals surface area contributed by atoms with Gasteiger partial charge in [-0.15, -0.1) is 0 Å². The zero-order valence-electron chi connectivity index (χ0n) is 16.1. The number of nitrogens with one attached hydrogen (secondary N) is 1. The number of rotatable bonds is 4. The van der Waals surface area contributed by atoms with Crippen molar-refractivity contribution in [1.29, 1.82) is 0 Å². The summed E-state index contributed by atoms with van der Waals surface area (Å²) in [6, 6.07) is 5.99. The standard InChI is InChI=1S/C19H28N2O5S/c1-19(2,3)20-27(23,24)15-9-7-14(8-10-15)17(22)21-11-5-4-6-16(21)18-25-12-13-26-18/h7-10,16,18,20H,4-6,11-13H2,1-3H3. The summed E-state index contributed by atoms with van der Waals surface area (Å²) in [4.78, 5) is 15.0. The van der Waals surface area contributed by atoms with Gasteiger partial charge in [0, 0.05) is 17.6 Å². The fourth-order valence-corrected chi connectivity index (χ4v) is 4.91. The lowest BCUT2D eigenvalue weighted by Crippen LogP contribution is -2.50. The van der Waals surface area contributed by atoms with E-state index in [1.54, 1.807) is 37.8 Å². The molecular formula is C19H28N2O5S. The Morgan fingerprint density at radius 3 is 2.33 bits per heavy atom. The number of nitrogens with zero attached hydrogens (tertiary/aromatic N) is 1. The Morgan fingerprint density at radius 2 is 1.74 bits per heavy atom. The summed E-state index contributed by atoms with van der Waals surface area (Å²) in [7, 11) is -3.62. The molecule has 27 heavy (non-hydrogen) atoms. The molecule has 1 N–H and O–H groups in total. The van der Waals surface area contributed by atoms with E-state index in [-0.39, 0.29) is 23.1 Å². The van der Waals surface area contributed by atoms with Crippen molar-refractivity contribution in [2.75, 3.05) is 19.8 Å². The number of carbonyl (C=O) groups is 1. The maximum atomic E-state index is 13.0. The quantitative estimate of drug-likeness (QED) is 0.843. The van der Waals surface area contributed by atoms with Crippen LogP contribution in [0.3, 0.4) is 0 Å². The van der Waals surface area contributed by atoms with Crippen molar-refractivity contribution in [3.8, 4) is 0 Å². The van der Waals surface area contributed by atoms with Crippen LogP contribution < -0.4 is 4.72 Å². The van der Waals surface area contributed by atoms with E-state index >= 15 is 0 Å². The molecule has 1 unspecified atom stereocenters. The average molecular weight is 397 g/mol. The smallest absolute Gasteiger partial charge is 0.254 e. The molecule has 8 heteroatoms. The summed E-state index contributed by atoms with van der Waals surface area (Å²) in [5, 5.41) is 0. The summed E-state index contributed by atoms with van der Waals surface area (Å²) >= 11 is 0. The van der Waals surface area contributed by atoms with E-state index in [2.05, 4.69) is 4.72 Å². The van der Waals surface area contributed by atoms with Gasteiger partial charge in [-0.1, -0.05) is 0 Å². The van der Waals surface area contributed by atoms with Crippen molar-refractivity contribution < 1.29 is 22.7 Å². The highest BCUT2D eigenvalue weighted by Crippen LogP contribution is 2.26. The molecule has 0 bridgehead atoms. The summed E-state index contributed by atoms with van der Waals surface area (Å²) in [5.74, 6) is -0.119. The lowest BCUT2D eigenvalue weighted by atomic mass is 10.00. The highest BCUT2D eigenvalue weighted by molar-refractivity contribution is 7.89. The third-order valence-electron chi connectivity index (χ3n) is 4.62. The van der Waals surface area contributed by atoms with Gasteiger partial charge in [0.05, 0.1) is 24.2 Å². The second kappa shape index (κ2) is 7.87. The molecule has 0 radical (unpaired) electrons. The van der Waals surface area contributed by atoms with Gasteiger partial charge in [-0.05, 0) is 64.3 Å². The third-order valence-corrected chi connectivity index (χ3v) is 6.40. The minimum atomic E-state index is -3.62. The van der Waals surface area contributed by atoms with Gasteiger partial charge in [-0.25, -0.2) is 13.1 Å². The average Bonchev–Trinajstić information content (AvgIpc) is 3.14. The molecule has 2 aliphatic heterocycles. The molecule has 2 heterocycles. The Morgan fingerprint density at radius 1 is 1.11 bits per heavy atom. The van der Waals surface area contributed by atoms with Gasteiger partial charge in [0.15, 0.2) is 6.29 Å². The van der Waals surface area contributed by atoms with Crippen LogP contribution in [0.5, 0.6) is 0 Å². The zero-order chi connectivity index (χ0) is 19.7. The van der Waals surface area contributed by atoms with Crippen molar-refractivity contribution >= 4 is 15.9 Å². The second-order valence-electron chi connectivity index (χ2n) is 8.05. The molecular weight excluding hydrogens is 368 g/mol. The summed E-state index contributed by atoms with van der Waals surface area (Å²) < 4.78 is 38.7. The van der Waals surface area contributed by atoms with E-state index in [9.17, 15) is 13.2 Å². The first-order chi connectivity index (χ1) is 12.7. The Labute approximate surface area is 161 Å². The topological polar surface area (TPSA) is 84.9 Å². The summed E-state index contributed by atoms with van der Waals surface area (Å²) in [6.07, 6.45) is 2.45. The van der Waals surface area contributed by atoms with E-state index in [0.717, 1.165) is 19.3 Å². The molecule has 1 aromatic carbocycles. The van der Waals surface area contributed by atoms with Crippen LogP contribution in [0.4, 0.5) is 0 Å². The molecule has 1 atom stereocenters. The number of hydrogen-bond acceptors (Lipinski definition) is 5. The van der Waals surface area contributed by atoms with Gasteiger partial charge in [0.25, 0.3) is 5.91 Å². The normalized spacial score (nSPS) is 22.2. The van der Waals surface area contributed by atoms with E-state index < -0.39 is 15.6 Å². The molecule has 2 aliphatic rings. The van der Waals surface area contributed by atoms with Crippen LogP contribution in [0.2, 0.25) is 0 Å². The molecule has 0 aliphatic carbocycles. The number of likely N-dealkylation sites (tertiary alicyclic amines) is 1. The van der Waals surface area contributed by atoms with Crippen LogP contribution in [0, 0.1) is 0 Å². The number of piperidine rings is 1. The molecule has 2 fully saturated rings. The number of sulfonamides is 1. The van der Waals surface area contributed by atoms with Crippen LogP contribution >= 0.6 is 0 Å². The second-order valence-corrected chi connectivity index (χ2v) is 9.73. The number of hydrogen-bond donors (Lipinski definition) is 1. The zero-order valence-corrected chi connectivity index (χ0v) is 16.9. The SMILES string of the molecule is CC(C)(C)NS(=O)(=O)c1ccc(C(=O)N2CCCCC2C2OCCO2)cc1. The summed E-state index contributed by atoms with van der Waals surface area (Å²) in [6.45, 7) is 7.11. The first-order valence-electron chi connectivity index (χ1n) is 9.36. The molecule has 2 saturated heterocycles. The lowest BCUT2D eigenvalue weighted by Gasteiger charge is -2.38. The van der Waals surface area contributed by atoms with Gasteiger partial charge in [-0.3, -0.25) is 4.79 Å². The van der Waals surface area contributed by atoms with Crippen molar-refractivity contribution in [3.63, 3.8) is 0 Å². The Balaban J connectivity index is 1.76. The predicted octanol–water partition coefficient (Wildman–Crippen LogP) is 2.13. The molecule has 150 valence electrons. The maximum absolute atomic E-state index is 13.0. The Hall–Kier alpha value is -1.48. The Kier molecular flexibility index (Phi) is 5.90. The first-order valence-corrected chi connectivity index (χ1v) is 10.8. The maximum Gasteiger partial charge on any atom is 0.254 e. The largest absolute Gasteiger partial charge is 0.348 e. The van der Waals surface area contributed by atoms with E-state index in [4.69, 9.17) is 9.47 Å². The van der Waals surface area contributed by atoms with Crippen LogP contribution in [0.15, 0.2) is 29.2 Å². The number of benzene rings is 1. The van der Waals surface area contributed by atoms with Crippen LogP contribution in [0.25, 0.3) is 0 Å². The highest BCUT2D eigenvalue weighted by Gasteiger charge is 2.36.